The number of halogens is 1. The second-order valence-corrected chi connectivity index (χ2v) is 4.20. The van der Waals surface area contributed by atoms with Crippen molar-refractivity contribution in [1.82, 2.24) is 15.3 Å². The molecule has 0 saturated carbocycles. The summed E-state index contributed by atoms with van der Waals surface area (Å²) in [6.07, 6.45) is 3.92. The highest BCUT2D eigenvalue weighted by Crippen LogP contribution is 2.11. The summed E-state index contributed by atoms with van der Waals surface area (Å²) in [5.41, 5.74) is 0. The van der Waals surface area contributed by atoms with Gasteiger partial charge in [-0.2, -0.15) is 0 Å². The average Bonchev–Trinajstić information content (AvgIpc) is 2.44. The summed E-state index contributed by atoms with van der Waals surface area (Å²) in [6.45, 7) is 2.08. The predicted octanol–water partition coefficient (Wildman–Crippen LogP) is 0.565. The smallest absolute Gasteiger partial charge is 0.225 e. The van der Waals surface area contributed by atoms with E-state index >= 15 is 0 Å². The summed E-state index contributed by atoms with van der Waals surface area (Å²) >= 11 is 3.28. The van der Waals surface area contributed by atoms with E-state index in [1.807, 2.05) is 4.90 Å². The number of carbonyl (C=O) groups excluding carboxylic acids is 1. The fourth-order valence-electron chi connectivity index (χ4n) is 1.44. The molecule has 1 aliphatic heterocycles. The van der Waals surface area contributed by atoms with Crippen LogP contribution in [0.25, 0.3) is 0 Å². The number of hydrogen-bond acceptors (Lipinski definition) is 4. The van der Waals surface area contributed by atoms with Crippen LogP contribution in [-0.4, -0.2) is 35.5 Å². The number of carbonyl (C=O) groups is 1. The Morgan fingerprint density at radius 3 is 2.80 bits per heavy atom. The third-order valence-corrected chi connectivity index (χ3v) is 2.61. The molecule has 5 nitrogen and oxygen atoms in total. The number of anilines is 1. The maximum atomic E-state index is 11.1. The van der Waals surface area contributed by atoms with Crippen LogP contribution in [0.1, 0.15) is 6.42 Å². The molecule has 1 aromatic heterocycles. The van der Waals surface area contributed by atoms with Crippen molar-refractivity contribution in [3.8, 4) is 0 Å². The SMILES string of the molecule is O=C1CCN(c2ncc(Br)cn2)CCN1. The van der Waals surface area contributed by atoms with Crippen molar-refractivity contribution in [2.75, 3.05) is 24.5 Å². The maximum absolute atomic E-state index is 11.1. The number of amides is 1. The van der Waals surface area contributed by atoms with Crippen molar-refractivity contribution in [3.63, 3.8) is 0 Å². The van der Waals surface area contributed by atoms with E-state index in [2.05, 4.69) is 31.2 Å². The molecule has 1 amide bonds. The molecule has 0 radical (unpaired) electrons. The molecule has 1 fully saturated rings. The van der Waals surface area contributed by atoms with E-state index in [1.165, 1.54) is 0 Å². The first-order valence-corrected chi connectivity index (χ1v) is 5.54. The van der Waals surface area contributed by atoms with Gasteiger partial charge in [-0.25, -0.2) is 9.97 Å². The molecule has 1 aromatic rings. The Kier molecular flexibility index (Phi) is 3.15. The molecule has 2 heterocycles. The zero-order chi connectivity index (χ0) is 10.7. The van der Waals surface area contributed by atoms with Crippen molar-refractivity contribution >= 4 is 27.8 Å². The van der Waals surface area contributed by atoms with Gasteiger partial charge >= 0.3 is 0 Å². The minimum absolute atomic E-state index is 0.0922. The number of nitrogens with one attached hydrogen (secondary N) is 1. The Morgan fingerprint density at radius 2 is 2.07 bits per heavy atom. The van der Waals surface area contributed by atoms with Gasteiger partial charge in [0.25, 0.3) is 0 Å². The predicted molar refractivity (Wildman–Crippen MR) is 59.6 cm³/mol. The van der Waals surface area contributed by atoms with E-state index in [0.29, 0.717) is 25.5 Å². The number of nitrogens with zero attached hydrogens (tertiary/aromatic N) is 3. The van der Waals surface area contributed by atoms with E-state index in [1.54, 1.807) is 12.4 Å². The van der Waals surface area contributed by atoms with Crippen LogP contribution in [0.2, 0.25) is 0 Å². The van der Waals surface area contributed by atoms with Gasteiger partial charge in [0.2, 0.25) is 11.9 Å². The summed E-state index contributed by atoms with van der Waals surface area (Å²) in [7, 11) is 0. The molecule has 2 rings (SSSR count). The summed E-state index contributed by atoms with van der Waals surface area (Å²) in [5, 5.41) is 2.81. The van der Waals surface area contributed by atoms with Gasteiger partial charge in [0, 0.05) is 38.4 Å². The van der Waals surface area contributed by atoms with Crippen LogP contribution in [0.5, 0.6) is 0 Å². The summed E-state index contributed by atoms with van der Waals surface area (Å²) < 4.78 is 0.857. The van der Waals surface area contributed by atoms with Crippen LogP contribution in [0.4, 0.5) is 5.95 Å². The fraction of sp³-hybridized carbons (Fsp3) is 0.444. The van der Waals surface area contributed by atoms with Gasteiger partial charge in [0.15, 0.2) is 0 Å². The molecule has 0 spiro atoms. The van der Waals surface area contributed by atoms with Crippen molar-refractivity contribution in [2.24, 2.45) is 0 Å². The lowest BCUT2D eigenvalue weighted by Gasteiger charge is -2.18. The second kappa shape index (κ2) is 4.57. The molecule has 1 N–H and O–H groups in total. The van der Waals surface area contributed by atoms with Gasteiger partial charge < -0.3 is 10.2 Å². The normalized spacial score (nSPS) is 17.1. The Hall–Kier alpha value is -1.17. The van der Waals surface area contributed by atoms with E-state index < -0.39 is 0 Å². The number of hydrogen-bond donors (Lipinski definition) is 1. The first kappa shape index (κ1) is 10.4. The first-order valence-electron chi connectivity index (χ1n) is 4.75. The minimum atomic E-state index is 0.0922. The number of aromatic nitrogens is 2. The Bertz CT molecular complexity index is 354. The summed E-state index contributed by atoms with van der Waals surface area (Å²) in [6, 6.07) is 0. The monoisotopic (exact) mass is 270 g/mol. The molecule has 1 saturated heterocycles. The molecule has 0 bridgehead atoms. The lowest BCUT2D eigenvalue weighted by Crippen LogP contribution is -2.29. The largest absolute Gasteiger partial charge is 0.354 e. The third-order valence-electron chi connectivity index (χ3n) is 2.20. The van der Waals surface area contributed by atoms with Crippen LogP contribution < -0.4 is 10.2 Å². The van der Waals surface area contributed by atoms with Gasteiger partial charge in [-0.3, -0.25) is 4.79 Å². The van der Waals surface area contributed by atoms with Crippen LogP contribution in [-0.2, 0) is 4.79 Å². The highest BCUT2D eigenvalue weighted by Gasteiger charge is 2.15. The van der Waals surface area contributed by atoms with E-state index in [0.717, 1.165) is 11.0 Å². The van der Waals surface area contributed by atoms with Gasteiger partial charge in [0.05, 0.1) is 4.47 Å². The third kappa shape index (κ3) is 2.65. The lowest BCUT2D eigenvalue weighted by molar-refractivity contribution is -0.120. The molecule has 80 valence electrons. The molecule has 0 aromatic carbocycles. The van der Waals surface area contributed by atoms with E-state index in [-0.39, 0.29) is 5.91 Å². The van der Waals surface area contributed by atoms with Crippen LogP contribution in [0, 0.1) is 0 Å². The van der Waals surface area contributed by atoms with Crippen molar-refractivity contribution in [2.45, 2.75) is 6.42 Å². The minimum Gasteiger partial charge on any atom is -0.354 e. The Labute approximate surface area is 96.0 Å². The summed E-state index contributed by atoms with van der Waals surface area (Å²) in [4.78, 5) is 21.5. The van der Waals surface area contributed by atoms with Gasteiger partial charge in [0.1, 0.15) is 0 Å². The van der Waals surface area contributed by atoms with Gasteiger partial charge in [-0.15, -0.1) is 0 Å². The molecule has 15 heavy (non-hydrogen) atoms. The molecule has 0 atom stereocenters. The molecule has 6 heteroatoms. The van der Waals surface area contributed by atoms with Crippen molar-refractivity contribution < 1.29 is 4.79 Å². The zero-order valence-electron chi connectivity index (χ0n) is 8.11. The van der Waals surface area contributed by atoms with Crippen molar-refractivity contribution in [3.05, 3.63) is 16.9 Å². The zero-order valence-corrected chi connectivity index (χ0v) is 9.70. The standard InChI is InChI=1S/C9H11BrN4O/c10-7-5-12-9(13-6-7)14-3-1-8(15)11-2-4-14/h5-6H,1-4H2,(H,11,15). The Morgan fingerprint density at radius 1 is 1.33 bits per heavy atom. The summed E-state index contributed by atoms with van der Waals surface area (Å²) in [5.74, 6) is 0.768. The van der Waals surface area contributed by atoms with E-state index in [4.69, 9.17) is 0 Å². The molecule has 0 unspecified atom stereocenters. The fourth-order valence-corrected chi connectivity index (χ4v) is 1.64. The highest BCUT2D eigenvalue weighted by molar-refractivity contribution is 9.10. The first-order chi connectivity index (χ1) is 7.25. The second-order valence-electron chi connectivity index (χ2n) is 3.29. The average molecular weight is 271 g/mol. The van der Waals surface area contributed by atoms with Crippen LogP contribution >= 0.6 is 15.9 Å². The molecule has 0 aliphatic carbocycles. The maximum Gasteiger partial charge on any atom is 0.225 e. The van der Waals surface area contributed by atoms with Gasteiger partial charge in [-0.05, 0) is 15.9 Å². The Balaban J connectivity index is 2.09. The number of rotatable bonds is 1. The molecule has 1 aliphatic rings. The van der Waals surface area contributed by atoms with E-state index in [9.17, 15) is 4.79 Å². The van der Waals surface area contributed by atoms with Crippen LogP contribution in [0.15, 0.2) is 16.9 Å². The van der Waals surface area contributed by atoms with Gasteiger partial charge in [-0.1, -0.05) is 0 Å². The lowest BCUT2D eigenvalue weighted by atomic mass is 10.4. The topological polar surface area (TPSA) is 58.1 Å². The van der Waals surface area contributed by atoms with Crippen molar-refractivity contribution in [1.29, 1.82) is 0 Å². The molecular weight excluding hydrogens is 260 g/mol. The quantitative estimate of drug-likeness (QED) is 0.811. The highest BCUT2D eigenvalue weighted by atomic mass is 79.9. The molecular formula is C9H11BrN4O. The van der Waals surface area contributed by atoms with Crippen LogP contribution in [0.3, 0.4) is 0 Å².